The summed E-state index contributed by atoms with van der Waals surface area (Å²) in [5.74, 6) is -1.23. The van der Waals surface area contributed by atoms with Gasteiger partial charge in [-0.1, -0.05) is 51.4 Å². The van der Waals surface area contributed by atoms with Crippen molar-refractivity contribution in [3.63, 3.8) is 0 Å². The van der Waals surface area contributed by atoms with Crippen LogP contribution in [-0.4, -0.2) is 128 Å². The lowest BCUT2D eigenvalue weighted by molar-refractivity contribution is -0.280. The quantitative estimate of drug-likeness (QED) is 0.0287. The predicted octanol–water partition coefficient (Wildman–Crippen LogP) is 4.92. The second-order valence-electron chi connectivity index (χ2n) is 15.8. The summed E-state index contributed by atoms with van der Waals surface area (Å²) < 4.78 is 23.4. The number of hydrogen-bond acceptors (Lipinski definition) is 13. The smallest absolute Gasteiger partial charge is 0.315 e. The molecular formula is C41H76N6O13. The second kappa shape index (κ2) is 33.5. The molecule has 0 radical (unpaired) electrons. The van der Waals surface area contributed by atoms with Crippen LogP contribution in [0.2, 0.25) is 0 Å². The molecule has 0 aliphatic carbocycles. The molecule has 0 aromatic carbocycles. The molecule has 6 N–H and O–H groups in total. The van der Waals surface area contributed by atoms with Gasteiger partial charge in [-0.2, -0.15) is 0 Å². The van der Waals surface area contributed by atoms with E-state index in [0.29, 0.717) is 71.4 Å². The van der Waals surface area contributed by atoms with Crippen LogP contribution in [0, 0.1) is 0 Å². The summed E-state index contributed by atoms with van der Waals surface area (Å²) in [6.45, 7) is 6.21. The average molecular weight is 861 g/mol. The highest BCUT2D eigenvalue weighted by Gasteiger charge is 2.29. The van der Waals surface area contributed by atoms with Gasteiger partial charge in [0.25, 0.3) is 0 Å². The van der Waals surface area contributed by atoms with Gasteiger partial charge in [-0.25, -0.2) is 35.6 Å². The van der Waals surface area contributed by atoms with E-state index in [1.165, 1.54) is 10.1 Å². The lowest BCUT2D eigenvalue weighted by atomic mass is 10.1. The van der Waals surface area contributed by atoms with Crippen LogP contribution in [0.3, 0.4) is 0 Å². The highest BCUT2D eigenvalue weighted by molar-refractivity contribution is 5.76. The van der Waals surface area contributed by atoms with Crippen LogP contribution in [0.5, 0.6) is 0 Å². The molecule has 2 unspecified atom stereocenters. The molecule has 2 aliphatic heterocycles. The van der Waals surface area contributed by atoms with Crippen LogP contribution < -0.4 is 21.6 Å². The van der Waals surface area contributed by atoms with Crippen LogP contribution in [0.25, 0.3) is 0 Å². The molecule has 348 valence electrons. The third kappa shape index (κ3) is 25.6. The molecule has 2 fully saturated rings. The fraction of sp³-hybridized carbons (Fsp3) is 0.878. The van der Waals surface area contributed by atoms with Gasteiger partial charge in [0.05, 0.1) is 44.8 Å². The Hall–Kier alpha value is -3.17. The first kappa shape index (κ1) is 53.0. The number of unbranched alkanes of at least 4 members (excludes halogenated alkanes) is 10. The highest BCUT2D eigenvalue weighted by Crippen LogP contribution is 2.19. The van der Waals surface area contributed by atoms with Crippen molar-refractivity contribution in [3.8, 4) is 0 Å². The van der Waals surface area contributed by atoms with Crippen LogP contribution in [0.15, 0.2) is 0 Å². The highest BCUT2D eigenvalue weighted by atomic mass is 16.8. The van der Waals surface area contributed by atoms with E-state index in [0.717, 1.165) is 89.9 Å². The van der Waals surface area contributed by atoms with Gasteiger partial charge in [-0.15, -0.1) is 0 Å². The van der Waals surface area contributed by atoms with Crippen molar-refractivity contribution >= 4 is 29.7 Å². The van der Waals surface area contributed by atoms with Crippen molar-refractivity contribution in [2.24, 2.45) is 0 Å². The summed E-state index contributed by atoms with van der Waals surface area (Å²) >= 11 is 0. The normalized spacial score (nSPS) is 17.6. The lowest BCUT2D eigenvalue weighted by Crippen LogP contribution is -2.56. The van der Waals surface area contributed by atoms with Crippen molar-refractivity contribution in [3.05, 3.63) is 0 Å². The molecule has 2 aliphatic rings. The van der Waals surface area contributed by atoms with Crippen LogP contribution in [0.1, 0.15) is 155 Å². The van der Waals surface area contributed by atoms with E-state index < -0.39 is 24.2 Å². The molecule has 60 heavy (non-hydrogen) atoms. The molecule has 19 nitrogen and oxygen atoms in total. The third-order valence-corrected chi connectivity index (χ3v) is 10.1. The van der Waals surface area contributed by atoms with Gasteiger partial charge in [0, 0.05) is 58.5 Å². The second-order valence-corrected chi connectivity index (χ2v) is 15.8. The number of amides is 6. The Labute approximate surface area is 356 Å². The number of hydroxylamine groups is 6. The molecule has 2 atom stereocenters. The Morgan fingerprint density at radius 1 is 0.617 bits per heavy atom. The summed E-state index contributed by atoms with van der Waals surface area (Å²) in [6, 6.07) is -0.398. The molecule has 0 bridgehead atoms. The molecule has 0 spiro atoms. The molecule has 19 heteroatoms. The molecule has 6 amide bonds. The summed E-state index contributed by atoms with van der Waals surface area (Å²) in [4.78, 5) is 73.7. The van der Waals surface area contributed by atoms with Gasteiger partial charge in [0.1, 0.15) is 0 Å². The summed E-state index contributed by atoms with van der Waals surface area (Å²) in [6.07, 6.45) is 15.1. The predicted molar refractivity (Wildman–Crippen MR) is 219 cm³/mol. The zero-order chi connectivity index (χ0) is 43.7. The third-order valence-electron chi connectivity index (χ3n) is 10.1. The van der Waals surface area contributed by atoms with E-state index in [4.69, 9.17) is 39.0 Å². The number of hydrogen-bond donors (Lipinski definition) is 6. The van der Waals surface area contributed by atoms with Crippen LogP contribution >= 0.6 is 0 Å². The SMILES string of the molecule is CCNC(=O)NC(C)(COCCC(=O)N(CCCCCCCCC(=O)NO)OC1CCCCO1)COCCC(=O)N(CCCCCCCCC(=O)NO)OC1CCCCO1. The summed E-state index contributed by atoms with van der Waals surface area (Å²) in [7, 11) is 0. The fourth-order valence-electron chi connectivity index (χ4n) is 6.71. The lowest BCUT2D eigenvalue weighted by Gasteiger charge is -2.31. The van der Waals surface area contributed by atoms with E-state index in [1.54, 1.807) is 17.9 Å². The van der Waals surface area contributed by atoms with Crippen molar-refractivity contribution in [2.45, 2.75) is 173 Å². The number of nitrogens with one attached hydrogen (secondary N) is 4. The molecular weight excluding hydrogens is 784 g/mol. The number of ether oxygens (including phenoxy) is 4. The van der Waals surface area contributed by atoms with E-state index in [2.05, 4.69) is 10.6 Å². The molecule has 2 rings (SSSR count). The zero-order valence-corrected chi connectivity index (χ0v) is 36.4. The summed E-state index contributed by atoms with van der Waals surface area (Å²) in [5.41, 5.74) is 2.32. The van der Waals surface area contributed by atoms with Crippen LogP contribution in [-0.2, 0) is 47.8 Å². The number of carbonyl (C=O) groups excluding carboxylic acids is 5. The number of carbonyl (C=O) groups is 5. The maximum absolute atomic E-state index is 13.4. The maximum Gasteiger partial charge on any atom is 0.315 e. The average Bonchev–Trinajstić information content (AvgIpc) is 3.25. The topological polar surface area (TPSA) is 236 Å². The summed E-state index contributed by atoms with van der Waals surface area (Å²) in [5, 5.41) is 25.7. The monoisotopic (exact) mass is 861 g/mol. The first-order valence-electron chi connectivity index (χ1n) is 22.3. The van der Waals surface area contributed by atoms with E-state index in [-0.39, 0.29) is 62.9 Å². The van der Waals surface area contributed by atoms with Gasteiger partial charge >= 0.3 is 6.03 Å². The number of urea groups is 1. The minimum absolute atomic E-state index is 0.0425. The first-order chi connectivity index (χ1) is 29.1. The van der Waals surface area contributed by atoms with Gasteiger partial charge in [-0.3, -0.25) is 29.6 Å². The largest absolute Gasteiger partial charge is 0.378 e. The standard InChI is InChI=1S/C41H76N6O13/c1-3-42-40(52)43-41(2,32-55-30-24-36(50)46(59-38-22-14-18-28-57-38)26-16-10-6-4-8-12-20-34(48)44-53)33-56-31-25-37(51)47(60-39-23-15-19-29-58-39)27-17-11-7-5-9-13-21-35(49)45-54/h38-39,53-54H,3-33H2,1-2H3,(H,44,48)(H,45,49)(H2,42,43,52). The minimum Gasteiger partial charge on any atom is -0.378 e. The van der Waals surface area contributed by atoms with Crippen molar-refractivity contribution < 1.29 is 63.0 Å². The van der Waals surface area contributed by atoms with Gasteiger partial charge in [-0.05, 0) is 65.2 Å². The Balaban J connectivity index is 1.85. The maximum atomic E-state index is 13.4. The molecule has 2 heterocycles. The Bertz CT molecular complexity index is 1110. The fourth-order valence-corrected chi connectivity index (χ4v) is 6.71. The van der Waals surface area contributed by atoms with E-state index in [1.807, 2.05) is 6.92 Å². The van der Waals surface area contributed by atoms with Crippen molar-refractivity contribution in [1.82, 2.24) is 31.7 Å². The molecule has 0 saturated carbocycles. The van der Waals surface area contributed by atoms with Crippen molar-refractivity contribution in [1.29, 1.82) is 0 Å². The molecule has 2 saturated heterocycles. The van der Waals surface area contributed by atoms with Gasteiger partial charge < -0.3 is 29.6 Å². The Morgan fingerprint density at radius 3 is 1.42 bits per heavy atom. The molecule has 0 aromatic rings. The van der Waals surface area contributed by atoms with Gasteiger partial charge in [0.2, 0.25) is 23.6 Å². The molecule has 0 aromatic heterocycles. The van der Waals surface area contributed by atoms with Crippen LogP contribution in [0.4, 0.5) is 4.79 Å². The van der Waals surface area contributed by atoms with E-state index in [9.17, 15) is 24.0 Å². The van der Waals surface area contributed by atoms with Crippen molar-refractivity contribution in [2.75, 3.05) is 59.3 Å². The zero-order valence-electron chi connectivity index (χ0n) is 36.4. The Morgan fingerprint density at radius 2 is 1.03 bits per heavy atom. The van der Waals surface area contributed by atoms with E-state index >= 15 is 0 Å². The first-order valence-corrected chi connectivity index (χ1v) is 22.3. The van der Waals surface area contributed by atoms with Gasteiger partial charge in [0.15, 0.2) is 12.6 Å². The Kier molecular flexibility index (Phi) is 29.5. The minimum atomic E-state index is -0.979. The number of nitrogens with zero attached hydrogens (tertiary/aromatic N) is 2. The number of rotatable bonds is 34.